The van der Waals surface area contributed by atoms with E-state index in [-0.39, 0.29) is 5.91 Å². The maximum atomic E-state index is 11.0. The van der Waals surface area contributed by atoms with Gasteiger partial charge in [-0.1, -0.05) is 15.9 Å². The SMILES string of the molecule is NC(=O)c1csc(CNc2cc(Br)ccc2I)c1. The molecule has 94 valence electrons. The highest BCUT2D eigenvalue weighted by atomic mass is 127. The van der Waals surface area contributed by atoms with Crippen molar-refractivity contribution in [3.63, 3.8) is 0 Å². The van der Waals surface area contributed by atoms with E-state index in [1.165, 1.54) is 11.3 Å². The van der Waals surface area contributed by atoms with Crippen LogP contribution in [0, 0.1) is 3.57 Å². The van der Waals surface area contributed by atoms with Crippen molar-refractivity contribution in [1.82, 2.24) is 0 Å². The van der Waals surface area contributed by atoms with Crippen LogP contribution in [0.3, 0.4) is 0 Å². The number of hydrogen-bond acceptors (Lipinski definition) is 3. The molecular weight excluding hydrogens is 427 g/mol. The van der Waals surface area contributed by atoms with Crippen LogP contribution < -0.4 is 11.1 Å². The standard InChI is InChI=1S/C12H10BrIN2OS/c13-8-1-2-10(14)11(4-8)16-5-9-3-7(6-18-9)12(15)17/h1-4,6,16H,5H2,(H2,15,17). The first kappa shape index (κ1) is 13.8. The predicted molar refractivity (Wildman–Crippen MR) is 87.0 cm³/mol. The molecule has 3 nitrogen and oxygen atoms in total. The molecule has 0 spiro atoms. The molecule has 2 rings (SSSR count). The smallest absolute Gasteiger partial charge is 0.249 e. The molecule has 6 heteroatoms. The molecule has 3 N–H and O–H groups in total. The van der Waals surface area contributed by atoms with Crippen molar-refractivity contribution < 1.29 is 4.79 Å². The van der Waals surface area contributed by atoms with Crippen LogP contribution in [0.5, 0.6) is 0 Å². The Morgan fingerprint density at radius 3 is 2.89 bits per heavy atom. The Balaban J connectivity index is 2.06. The van der Waals surface area contributed by atoms with Crippen LogP contribution in [0.15, 0.2) is 34.1 Å². The third-order valence-electron chi connectivity index (χ3n) is 2.32. The number of benzene rings is 1. The fourth-order valence-electron chi connectivity index (χ4n) is 1.42. The quantitative estimate of drug-likeness (QED) is 0.715. The van der Waals surface area contributed by atoms with Gasteiger partial charge in [0, 0.05) is 30.5 Å². The molecule has 0 aliphatic rings. The summed E-state index contributed by atoms with van der Waals surface area (Å²) >= 11 is 7.26. The molecule has 0 fully saturated rings. The minimum atomic E-state index is -0.380. The normalized spacial score (nSPS) is 10.3. The zero-order valence-corrected chi connectivity index (χ0v) is 13.8. The van der Waals surface area contributed by atoms with E-state index in [2.05, 4.69) is 43.8 Å². The summed E-state index contributed by atoms with van der Waals surface area (Å²) in [6.07, 6.45) is 0. The molecule has 0 saturated heterocycles. The minimum absolute atomic E-state index is 0.380. The second-order valence-electron chi connectivity index (χ2n) is 3.64. The number of halogens is 2. The molecule has 2 aromatic rings. The summed E-state index contributed by atoms with van der Waals surface area (Å²) in [6.45, 7) is 0.685. The molecule has 0 aliphatic heterocycles. The predicted octanol–water partition coefficient (Wildman–Crippen LogP) is 3.83. The van der Waals surface area contributed by atoms with E-state index in [1.54, 1.807) is 5.38 Å². The van der Waals surface area contributed by atoms with Gasteiger partial charge < -0.3 is 11.1 Å². The van der Waals surface area contributed by atoms with Crippen LogP contribution in [-0.2, 0) is 6.54 Å². The molecule has 0 saturated carbocycles. The van der Waals surface area contributed by atoms with E-state index < -0.39 is 0 Å². The van der Waals surface area contributed by atoms with E-state index in [1.807, 2.05) is 24.3 Å². The maximum absolute atomic E-state index is 11.0. The molecular formula is C12H10BrIN2OS. The number of thiophene rings is 1. The Morgan fingerprint density at radius 2 is 2.22 bits per heavy atom. The molecule has 18 heavy (non-hydrogen) atoms. The molecule has 0 atom stereocenters. The van der Waals surface area contributed by atoms with E-state index >= 15 is 0 Å². The van der Waals surface area contributed by atoms with Crippen molar-refractivity contribution in [2.75, 3.05) is 5.32 Å². The van der Waals surface area contributed by atoms with Gasteiger partial charge in [0.05, 0.1) is 5.56 Å². The van der Waals surface area contributed by atoms with Crippen LogP contribution in [0.25, 0.3) is 0 Å². The second-order valence-corrected chi connectivity index (χ2v) is 6.72. The van der Waals surface area contributed by atoms with Crippen LogP contribution in [0.1, 0.15) is 15.2 Å². The number of carbonyl (C=O) groups is 1. The largest absolute Gasteiger partial charge is 0.379 e. The molecule has 0 radical (unpaired) electrons. The van der Waals surface area contributed by atoms with Crippen molar-refractivity contribution in [3.05, 3.63) is 48.1 Å². The van der Waals surface area contributed by atoms with Crippen molar-refractivity contribution >= 4 is 61.5 Å². The summed E-state index contributed by atoms with van der Waals surface area (Å²) in [5.41, 5.74) is 6.86. The lowest BCUT2D eigenvalue weighted by atomic mass is 10.3. The van der Waals surface area contributed by atoms with Gasteiger partial charge in [-0.3, -0.25) is 4.79 Å². The molecule has 1 amide bonds. The zero-order chi connectivity index (χ0) is 13.1. The van der Waals surface area contributed by atoms with Gasteiger partial charge in [-0.05, 0) is 46.9 Å². The van der Waals surface area contributed by atoms with Crippen LogP contribution in [0.2, 0.25) is 0 Å². The minimum Gasteiger partial charge on any atom is -0.379 e. The Morgan fingerprint density at radius 1 is 1.44 bits per heavy atom. The molecule has 0 bridgehead atoms. The molecule has 1 aromatic heterocycles. The van der Waals surface area contributed by atoms with E-state index in [4.69, 9.17) is 5.73 Å². The molecule has 0 aliphatic carbocycles. The van der Waals surface area contributed by atoms with E-state index in [9.17, 15) is 4.79 Å². The lowest BCUT2D eigenvalue weighted by molar-refractivity contribution is 0.100. The van der Waals surface area contributed by atoms with Crippen molar-refractivity contribution in [2.24, 2.45) is 5.73 Å². The number of rotatable bonds is 4. The monoisotopic (exact) mass is 436 g/mol. The highest BCUT2D eigenvalue weighted by Gasteiger charge is 2.05. The van der Waals surface area contributed by atoms with Gasteiger partial charge in [-0.15, -0.1) is 11.3 Å². The van der Waals surface area contributed by atoms with Gasteiger partial charge in [0.1, 0.15) is 0 Å². The number of nitrogens with two attached hydrogens (primary N) is 1. The molecule has 1 heterocycles. The number of carbonyl (C=O) groups excluding carboxylic acids is 1. The van der Waals surface area contributed by atoms with Gasteiger partial charge in [-0.25, -0.2) is 0 Å². The van der Waals surface area contributed by atoms with Crippen LogP contribution in [0.4, 0.5) is 5.69 Å². The summed E-state index contributed by atoms with van der Waals surface area (Å²) in [5, 5.41) is 5.13. The lowest BCUT2D eigenvalue weighted by Gasteiger charge is -2.07. The first-order valence-electron chi connectivity index (χ1n) is 5.12. The summed E-state index contributed by atoms with van der Waals surface area (Å²) in [4.78, 5) is 12.1. The average Bonchev–Trinajstić information content (AvgIpc) is 2.79. The topological polar surface area (TPSA) is 55.1 Å². The average molecular weight is 437 g/mol. The highest BCUT2D eigenvalue weighted by Crippen LogP contribution is 2.24. The van der Waals surface area contributed by atoms with Gasteiger partial charge >= 0.3 is 0 Å². The van der Waals surface area contributed by atoms with Crippen LogP contribution in [-0.4, -0.2) is 5.91 Å². The number of nitrogens with one attached hydrogen (secondary N) is 1. The van der Waals surface area contributed by atoms with Gasteiger partial charge in [0.25, 0.3) is 0 Å². The third-order valence-corrected chi connectivity index (χ3v) is 4.69. The fraction of sp³-hybridized carbons (Fsp3) is 0.0833. The third kappa shape index (κ3) is 3.46. The summed E-state index contributed by atoms with van der Waals surface area (Å²) in [6, 6.07) is 7.90. The van der Waals surface area contributed by atoms with Gasteiger partial charge in [0.15, 0.2) is 0 Å². The lowest BCUT2D eigenvalue weighted by Crippen LogP contribution is -2.09. The summed E-state index contributed by atoms with van der Waals surface area (Å²) in [7, 11) is 0. The summed E-state index contributed by atoms with van der Waals surface area (Å²) < 4.78 is 2.19. The molecule has 1 aromatic carbocycles. The first-order chi connectivity index (χ1) is 8.56. The number of primary amides is 1. The Bertz CT molecular complexity index is 585. The Kier molecular flexibility index (Phi) is 4.63. The first-order valence-corrected chi connectivity index (χ1v) is 7.87. The van der Waals surface area contributed by atoms with E-state index in [0.717, 1.165) is 18.6 Å². The Hall–Kier alpha value is -0.600. The number of amides is 1. The van der Waals surface area contributed by atoms with E-state index in [0.29, 0.717) is 12.1 Å². The van der Waals surface area contributed by atoms with Crippen molar-refractivity contribution in [2.45, 2.75) is 6.54 Å². The summed E-state index contributed by atoms with van der Waals surface area (Å²) in [5.74, 6) is -0.380. The van der Waals surface area contributed by atoms with Crippen molar-refractivity contribution in [1.29, 1.82) is 0 Å². The second kappa shape index (κ2) is 6.03. The van der Waals surface area contributed by atoms with Gasteiger partial charge in [0.2, 0.25) is 5.91 Å². The molecule has 0 unspecified atom stereocenters. The number of anilines is 1. The van der Waals surface area contributed by atoms with Crippen molar-refractivity contribution in [3.8, 4) is 0 Å². The maximum Gasteiger partial charge on any atom is 0.249 e. The highest BCUT2D eigenvalue weighted by molar-refractivity contribution is 14.1. The fourth-order valence-corrected chi connectivity index (χ4v) is 3.12. The Labute approximate surface area is 131 Å². The van der Waals surface area contributed by atoms with Gasteiger partial charge in [-0.2, -0.15) is 0 Å². The number of hydrogen-bond donors (Lipinski definition) is 2. The van der Waals surface area contributed by atoms with Crippen LogP contribution >= 0.6 is 49.9 Å². The zero-order valence-electron chi connectivity index (χ0n) is 9.24.